The smallest absolute Gasteiger partial charge is 0.0398 e. The molecule has 18 aromatic rings. The molecule has 0 saturated heterocycles. The van der Waals surface area contributed by atoms with Gasteiger partial charge in [0.25, 0.3) is 0 Å². The molecule has 1 nitrogen and oxygen atoms in total. The fourth-order valence-corrected chi connectivity index (χ4v) is 9.62. The largest absolute Gasteiger partial charge is 0.412 e. The summed E-state index contributed by atoms with van der Waals surface area (Å²) in [6.45, 7) is 37.5. The van der Waals surface area contributed by atoms with E-state index in [-0.39, 0.29) is 5.48 Å². The molecule has 18 rings (SSSR count). The van der Waals surface area contributed by atoms with Gasteiger partial charge in [0.05, 0.1) is 0 Å². The molecule has 0 unspecified atom stereocenters. The monoisotopic (exact) mass is 1680 g/mol. The Morgan fingerprint density at radius 3 is 0.110 bits per heavy atom. The standard InChI is InChI=1S/18C7H8.H2O/c18*1-7-5-3-2-4-6-7;/h18*2-6H,1H3;1H2. The summed E-state index contributed by atoms with van der Waals surface area (Å²) in [6, 6.07) is 185. The molecule has 656 valence electrons. The summed E-state index contributed by atoms with van der Waals surface area (Å²) in [5.41, 5.74) is 23.8. The van der Waals surface area contributed by atoms with Crippen LogP contribution in [0.5, 0.6) is 0 Å². The first kappa shape index (κ1) is 113. The van der Waals surface area contributed by atoms with E-state index in [4.69, 9.17) is 0 Å². The number of hydrogen-bond donors (Lipinski definition) is 0. The van der Waals surface area contributed by atoms with E-state index in [1.165, 1.54) is 100 Å². The third-order valence-electron chi connectivity index (χ3n) is 16.9. The first-order valence-corrected chi connectivity index (χ1v) is 43.4. The van der Waals surface area contributed by atoms with Gasteiger partial charge in [0, 0.05) is 0 Å². The van der Waals surface area contributed by atoms with Gasteiger partial charge in [-0.15, -0.1) is 0 Å². The first-order valence-electron chi connectivity index (χ1n) is 43.4. The van der Waals surface area contributed by atoms with Gasteiger partial charge < -0.3 is 5.48 Å². The maximum Gasteiger partial charge on any atom is -0.0398 e. The van der Waals surface area contributed by atoms with Crippen LogP contribution in [0.3, 0.4) is 0 Å². The van der Waals surface area contributed by atoms with Crippen molar-refractivity contribution in [3.63, 3.8) is 0 Å². The second-order valence-electron chi connectivity index (χ2n) is 29.8. The van der Waals surface area contributed by atoms with Gasteiger partial charge in [0.1, 0.15) is 0 Å². The summed E-state index contributed by atoms with van der Waals surface area (Å²) in [6.07, 6.45) is 0. The van der Waals surface area contributed by atoms with Crippen LogP contribution in [0.4, 0.5) is 0 Å². The maximum absolute atomic E-state index is 2.08. The lowest BCUT2D eigenvalue weighted by molar-refractivity contribution is 0.824. The summed E-state index contributed by atoms with van der Waals surface area (Å²) in [7, 11) is 0. The Bertz CT molecular complexity index is 3760. The lowest BCUT2D eigenvalue weighted by Crippen LogP contribution is -1.62. The van der Waals surface area contributed by atoms with Gasteiger partial charge in [0.2, 0.25) is 0 Å². The topological polar surface area (TPSA) is 31.5 Å². The Kier molecular flexibility index (Phi) is 72.5. The van der Waals surface area contributed by atoms with E-state index in [1.807, 2.05) is 328 Å². The number of hydrogen-bond acceptors (Lipinski definition) is 0. The van der Waals surface area contributed by atoms with Crippen molar-refractivity contribution in [2.75, 3.05) is 0 Å². The fraction of sp³-hybridized carbons (Fsp3) is 0.143. The molecule has 0 aliphatic rings. The molecule has 0 aliphatic heterocycles. The Morgan fingerprint density at radius 2 is 0.0945 bits per heavy atom. The van der Waals surface area contributed by atoms with E-state index in [0.29, 0.717) is 0 Å². The average molecular weight is 1680 g/mol. The lowest BCUT2D eigenvalue weighted by atomic mass is 10.2. The molecule has 0 heterocycles. The van der Waals surface area contributed by atoms with E-state index in [1.54, 1.807) is 0 Å². The van der Waals surface area contributed by atoms with Gasteiger partial charge in [-0.2, -0.15) is 0 Å². The summed E-state index contributed by atoms with van der Waals surface area (Å²) in [5, 5.41) is 0. The van der Waals surface area contributed by atoms with E-state index in [9.17, 15) is 0 Å². The minimum atomic E-state index is 0. The third-order valence-corrected chi connectivity index (χ3v) is 16.9. The third kappa shape index (κ3) is 80.1. The number of aryl methyl sites for hydroxylation is 18. The molecule has 0 radical (unpaired) electrons. The van der Waals surface area contributed by atoms with Crippen LogP contribution in [-0.2, 0) is 0 Å². The van der Waals surface area contributed by atoms with Crippen molar-refractivity contribution >= 4 is 0 Å². The zero-order valence-corrected chi connectivity index (χ0v) is 79.5. The van der Waals surface area contributed by atoms with Crippen LogP contribution in [0, 0.1) is 125 Å². The SMILES string of the molecule is Cc1ccccc1.Cc1ccccc1.Cc1ccccc1.Cc1ccccc1.Cc1ccccc1.Cc1ccccc1.Cc1ccccc1.Cc1ccccc1.Cc1ccccc1.Cc1ccccc1.Cc1ccccc1.Cc1ccccc1.Cc1ccccc1.Cc1ccccc1.Cc1ccccc1.Cc1ccccc1.Cc1ccccc1.Cc1ccccc1.O. The molecule has 0 spiro atoms. The molecule has 0 saturated carbocycles. The molecule has 1 heteroatoms. The van der Waals surface area contributed by atoms with Crippen molar-refractivity contribution in [2.24, 2.45) is 0 Å². The molecule has 0 fully saturated rings. The normalized spacial score (nSPS) is 8.65. The van der Waals surface area contributed by atoms with Crippen molar-refractivity contribution < 1.29 is 5.48 Å². The molecule has 2 N–H and O–H groups in total. The molecule has 127 heavy (non-hydrogen) atoms. The number of rotatable bonds is 0. The maximum atomic E-state index is 2.08. The second-order valence-corrected chi connectivity index (χ2v) is 29.8. The molecule has 18 aromatic carbocycles. The van der Waals surface area contributed by atoms with Crippen molar-refractivity contribution in [3.8, 4) is 0 Å². The summed E-state index contributed by atoms with van der Waals surface area (Å²) < 4.78 is 0. The van der Waals surface area contributed by atoms with Gasteiger partial charge in [-0.3, -0.25) is 0 Å². The molecule has 0 aromatic heterocycles. The van der Waals surface area contributed by atoms with Crippen molar-refractivity contribution in [1.82, 2.24) is 0 Å². The Hall–Kier alpha value is -14.1. The van der Waals surface area contributed by atoms with E-state index in [0.717, 1.165) is 0 Å². The molecule has 0 atom stereocenters. The van der Waals surface area contributed by atoms with E-state index >= 15 is 0 Å². The summed E-state index contributed by atoms with van der Waals surface area (Å²) >= 11 is 0. The van der Waals surface area contributed by atoms with Crippen LogP contribution in [0.2, 0.25) is 0 Å². The number of benzene rings is 18. The van der Waals surface area contributed by atoms with Crippen molar-refractivity contribution in [2.45, 2.75) is 125 Å². The highest BCUT2D eigenvalue weighted by Gasteiger charge is 1.83. The molecule has 0 aliphatic carbocycles. The van der Waals surface area contributed by atoms with E-state index in [2.05, 4.69) is 343 Å². The summed E-state index contributed by atoms with van der Waals surface area (Å²) in [5.74, 6) is 0. The molecular formula is C126H146O. The van der Waals surface area contributed by atoms with Crippen LogP contribution in [0.1, 0.15) is 100 Å². The lowest BCUT2D eigenvalue weighted by Gasteiger charge is -1.82. The van der Waals surface area contributed by atoms with Crippen LogP contribution in [-0.4, -0.2) is 5.48 Å². The van der Waals surface area contributed by atoms with Crippen molar-refractivity contribution in [1.29, 1.82) is 0 Å². The highest BCUT2D eigenvalue weighted by Crippen LogP contribution is 2.03. The Balaban J connectivity index is 0.00000132. The molecule has 0 amide bonds. The van der Waals surface area contributed by atoms with Gasteiger partial charge in [-0.1, -0.05) is 646 Å². The molecular weight excluding hydrogens is 1530 g/mol. The van der Waals surface area contributed by atoms with Gasteiger partial charge in [0.15, 0.2) is 0 Å². The quantitative estimate of drug-likeness (QED) is 0.145. The van der Waals surface area contributed by atoms with Gasteiger partial charge >= 0.3 is 0 Å². The van der Waals surface area contributed by atoms with Crippen LogP contribution >= 0.6 is 0 Å². The Morgan fingerprint density at radius 1 is 0.0630 bits per heavy atom. The minimum Gasteiger partial charge on any atom is -0.412 e. The zero-order chi connectivity index (χ0) is 92.0. The molecule has 0 bridgehead atoms. The van der Waals surface area contributed by atoms with Crippen LogP contribution < -0.4 is 0 Å². The first-order chi connectivity index (χ1) is 61.1. The van der Waals surface area contributed by atoms with E-state index < -0.39 is 0 Å². The van der Waals surface area contributed by atoms with Gasteiger partial charge in [-0.05, 0) is 125 Å². The fourth-order valence-electron chi connectivity index (χ4n) is 9.62. The van der Waals surface area contributed by atoms with Gasteiger partial charge in [-0.25, -0.2) is 0 Å². The zero-order valence-electron chi connectivity index (χ0n) is 79.5. The predicted molar refractivity (Wildman–Crippen MR) is 565 cm³/mol. The average Bonchev–Trinajstić information content (AvgIpc) is 2.11. The van der Waals surface area contributed by atoms with Crippen molar-refractivity contribution in [3.05, 3.63) is 646 Å². The minimum absolute atomic E-state index is 0. The highest BCUT2D eigenvalue weighted by molar-refractivity contribution is 5.22. The second kappa shape index (κ2) is 81.6. The predicted octanol–water partition coefficient (Wildman–Crippen LogP) is 35.1. The Labute approximate surface area is 771 Å². The van der Waals surface area contributed by atoms with Crippen LogP contribution in [0.25, 0.3) is 0 Å². The highest BCUT2D eigenvalue weighted by atomic mass is 16.0. The summed E-state index contributed by atoms with van der Waals surface area (Å²) in [4.78, 5) is 0. The van der Waals surface area contributed by atoms with Crippen LogP contribution in [0.15, 0.2) is 546 Å².